The lowest BCUT2D eigenvalue weighted by Gasteiger charge is -2.11. The standard InChI is InChI=1S/C18H12N2O.C6H13NO/c1-2-4-13-12(3-1)9-21-17-8-14-11(7-15(13)17)5-6-16-18(14)20-10-19-16;1-8-6-7-4-2-3-5-7/h1-9,20H,10H2;2-6H2,1H3. The molecule has 0 aromatic heterocycles. The van der Waals surface area contributed by atoms with Crippen molar-refractivity contribution in [3.63, 3.8) is 0 Å². The number of hydrogen-bond donors (Lipinski definition) is 1. The molecule has 29 heavy (non-hydrogen) atoms. The normalized spacial score (nSPS) is 16.3. The second kappa shape index (κ2) is 7.85. The van der Waals surface area contributed by atoms with Crippen LogP contribution in [-0.2, 0) is 4.74 Å². The monoisotopic (exact) mass is 387 g/mol. The average molecular weight is 387 g/mol. The second-order valence-electron chi connectivity index (χ2n) is 7.59. The Morgan fingerprint density at radius 2 is 1.93 bits per heavy atom. The van der Waals surface area contributed by atoms with Crippen molar-refractivity contribution in [2.75, 3.05) is 38.9 Å². The number of hydrogen-bond acceptors (Lipinski definition) is 5. The lowest BCUT2D eigenvalue weighted by atomic mass is 10.0. The molecule has 0 unspecified atom stereocenters. The van der Waals surface area contributed by atoms with E-state index in [9.17, 15) is 0 Å². The van der Waals surface area contributed by atoms with Gasteiger partial charge in [0.2, 0.25) is 0 Å². The number of fused-ring (bicyclic) bond motifs is 5. The minimum absolute atomic E-state index is 0.654. The van der Waals surface area contributed by atoms with Crippen LogP contribution in [-0.4, -0.2) is 38.5 Å². The molecule has 0 spiro atoms. The first-order valence-electron chi connectivity index (χ1n) is 10.2. The van der Waals surface area contributed by atoms with Gasteiger partial charge in [-0.1, -0.05) is 30.3 Å². The van der Waals surface area contributed by atoms with Gasteiger partial charge in [-0.05, 0) is 41.6 Å². The van der Waals surface area contributed by atoms with E-state index in [4.69, 9.17) is 9.47 Å². The van der Waals surface area contributed by atoms with Gasteiger partial charge in [0.05, 0.1) is 24.0 Å². The van der Waals surface area contributed by atoms with E-state index in [0.29, 0.717) is 6.67 Å². The highest BCUT2D eigenvalue weighted by Crippen LogP contribution is 2.28. The molecule has 0 atom stereocenters. The molecule has 5 nitrogen and oxygen atoms in total. The molecule has 3 aromatic carbocycles. The molecule has 1 saturated heterocycles. The molecule has 3 aliphatic heterocycles. The molecule has 5 heteroatoms. The zero-order valence-corrected chi connectivity index (χ0v) is 16.6. The van der Waals surface area contributed by atoms with E-state index in [0.717, 1.165) is 34.0 Å². The van der Waals surface area contributed by atoms with Crippen LogP contribution in [0.3, 0.4) is 0 Å². The molecule has 0 saturated carbocycles. The third-order valence-corrected chi connectivity index (χ3v) is 5.68. The number of methoxy groups -OCH3 is 1. The fourth-order valence-corrected chi connectivity index (χ4v) is 4.24. The number of anilines is 1. The third kappa shape index (κ3) is 3.48. The summed E-state index contributed by atoms with van der Waals surface area (Å²) in [6.45, 7) is 3.93. The van der Waals surface area contributed by atoms with Gasteiger partial charge in [-0.15, -0.1) is 0 Å². The van der Waals surface area contributed by atoms with Crippen LogP contribution in [0.5, 0.6) is 5.75 Å². The maximum absolute atomic E-state index is 5.83. The lowest BCUT2D eigenvalue weighted by Crippen LogP contribution is -2.21. The molecule has 3 aromatic rings. The molecule has 3 heterocycles. The highest BCUT2D eigenvalue weighted by molar-refractivity contribution is 5.95. The van der Waals surface area contributed by atoms with Gasteiger partial charge in [-0.25, -0.2) is 0 Å². The van der Waals surface area contributed by atoms with Crippen molar-refractivity contribution >= 4 is 22.7 Å². The molecule has 3 aliphatic rings. The van der Waals surface area contributed by atoms with Crippen molar-refractivity contribution in [2.45, 2.75) is 12.8 Å². The molecule has 1 N–H and O–H groups in total. The van der Waals surface area contributed by atoms with Crippen molar-refractivity contribution in [1.29, 1.82) is 0 Å². The Morgan fingerprint density at radius 3 is 2.79 bits per heavy atom. The minimum atomic E-state index is 0.654. The van der Waals surface area contributed by atoms with Gasteiger partial charge in [0.25, 0.3) is 0 Å². The summed E-state index contributed by atoms with van der Waals surface area (Å²) in [5, 5.41) is 10.2. The number of rotatable bonds is 2. The van der Waals surface area contributed by atoms with Crippen LogP contribution in [0, 0.1) is 10.4 Å². The summed E-state index contributed by atoms with van der Waals surface area (Å²) >= 11 is 0. The predicted molar refractivity (Wildman–Crippen MR) is 115 cm³/mol. The van der Waals surface area contributed by atoms with Gasteiger partial charge in [0.1, 0.15) is 12.4 Å². The zero-order valence-electron chi connectivity index (χ0n) is 16.6. The van der Waals surface area contributed by atoms with Gasteiger partial charge >= 0.3 is 0 Å². The number of nitrogens with one attached hydrogen (secondary N) is 1. The molecule has 6 rings (SSSR count). The molecule has 0 radical (unpaired) electrons. The van der Waals surface area contributed by atoms with Crippen molar-refractivity contribution in [3.05, 3.63) is 69.5 Å². The summed E-state index contributed by atoms with van der Waals surface area (Å²) in [6.07, 6.45) is 4.52. The highest BCUT2D eigenvalue weighted by atomic mass is 16.5. The maximum Gasteiger partial charge on any atom is 0.135 e. The quantitative estimate of drug-likeness (QED) is 0.734. The van der Waals surface area contributed by atoms with Crippen LogP contribution in [0.1, 0.15) is 12.8 Å². The molecular formula is C24H25N3O2. The molecule has 1 fully saturated rings. The summed E-state index contributed by atoms with van der Waals surface area (Å²) in [6, 6.07) is 16.8. The van der Waals surface area contributed by atoms with Gasteiger partial charge in [0, 0.05) is 36.0 Å². The Hall–Kier alpha value is -2.89. The highest BCUT2D eigenvalue weighted by Gasteiger charge is 2.12. The van der Waals surface area contributed by atoms with Crippen LogP contribution in [0.15, 0.2) is 53.5 Å². The molecule has 0 aliphatic carbocycles. The summed E-state index contributed by atoms with van der Waals surface area (Å²) in [4.78, 5) is 6.76. The number of nitrogens with zero attached hydrogens (tertiary/aromatic N) is 2. The van der Waals surface area contributed by atoms with Gasteiger partial charge in [-0.3, -0.25) is 9.89 Å². The number of likely N-dealkylation sites (tertiary alicyclic amines) is 1. The maximum atomic E-state index is 5.83. The van der Waals surface area contributed by atoms with Gasteiger partial charge < -0.3 is 14.8 Å². The molecular weight excluding hydrogens is 362 g/mol. The topological polar surface area (TPSA) is 46.1 Å². The van der Waals surface area contributed by atoms with E-state index in [1.54, 1.807) is 7.11 Å². The predicted octanol–water partition coefficient (Wildman–Crippen LogP) is 2.95. The number of ether oxygens (including phenoxy) is 2. The van der Waals surface area contributed by atoms with Crippen LogP contribution in [0.2, 0.25) is 0 Å². The third-order valence-electron chi connectivity index (χ3n) is 5.68. The largest absolute Gasteiger partial charge is 0.464 e. The van der Waals surface area contributed by atoms with E-state index in [-0.39, 0.29) is 0 Å². The van der Waals surface area contributed by atoms with Crippen molar-refractivity contribution < 1.29 is 9.47 Å². The van der Waals surface area contributed by atoms with E-state index in [2.05, 4.69) is 57.7 Å². The molecule has 0 bridgehead atoms. The Morgan fingerprint density at radius 1 is 1.07 bits per heavy atom. The van der Waals surface area contributed by atoms with Crippen LogP contribution >= 0.6 is 0 Å². The molecule has 148 valence electrons. The van der Waals surface area contributed by atoms with Gasteiger partial charge in [-0.2, -0.15) is 0 Å². The van der Waals surface area contributed by atoms with E-state index in [1.165, 1.54) is 41.9 Å². The Labute approximate surface area is 169 Å². The van der Waals surface area contributed by atoms with Gasteiger partial charge in [0.15, 0.2) is 0 Å². The first kappa shape index (κ1) is 18.2. The second-order valence-corrected chi connectivity index (χ2v) is 7.59. The fourth-order valence-electron chi connectivity index (χ4n) is 4.24. The summed E-state index contributed by atoms with van der Waals surface area (Å²) in [5.41, 5.74) is 1.11. The molecule has 0 amide bonds. The van der Waals surface area contributed by atoms with Crippen molar-refractivity contribution in [1.82, 2.24) is 4.90 Å². The minimum Gasteiger partial charge on any atom is -0.464 e. The Kier molecular flexibility index (Phi) is 4.92. The fraction of sp³-hybridized carbons (Fsp3) is 0.292. The first-order valence-corrected chi connectivity index (χ1v) is 10.2. The van der Waals surface area contributed by atoms with Crippen LogP contribution in [0.4, 0.5) is 5.69 Å². The van der Waals surface area contributed by atoms with Crippen molar-refractivity contribution in [2.24, 2.45) is 4.99 Å². The SMILES string of the molecule is C1=c2ccccc2=c2cc3ccc4c(c3cc2O1)NCN=4.COCN1CCCC1. The van der Waals surface area contributed by atoms with E-state index in [1.807, 2.05) is 12.3 Å². The number of benzene rings is 3. The lowest BCUT2D eigenvalue weighted by molar-refractivity contribution is 0.0807. The Bertz CT molecular complexity index is 1260. The van der Waals surface area contributed by atoms with E-state index < -0.39 is 0 Å². The Balaban J connectivity index is 0.000000193. The van der Waals surface area contributed by atoms with Crippen LogP contribution < -0.4 is 20.6 Å². The summed E-state index contributed by atoms with van der Waals surface area (Å²) in [7, 11) is 1.75. The summed E-state index contributed by atoms with van der Waals surface area (Å²) < 4.78 is 10.8. The van der Waals surface area contributed by atoms with Crippen LogP contribution in [0.25, 0.3) is 17.0 Å². The average Bonchev–Trinajstić information content (AvgIpc) is 3.45. The zero-order chi connectivity index (χ0) is 19.6. The first-order chi connectivity index (χ1) is 14.3. The summed E-state index contributed by atoms with van der Waals surface area (Å²) in [5.74, 6) is 0.906. The van der Waals surface area contributed by atoms with E-state index >= 15 is 0 Å². The van der Waals surface area contributed by atoms with Crippen molar-refractivity contribution in [3.8, 4) is 5.75 Å². The smallest absolute Gasteiger partial charge is 0.135 e.